The quantitative estimate of drug-likeness (QED) is 0.659. The highest BCUT2D eigenvalue weighted by Gasteiger charge is 2.39. The number of amides is 1. The number of carbonyl (C=O) groups is 1. The third kappa shape index (κ3) is 2.90. The maximum atomic E-state index is 12.5. The predicted molar refractivity (Wildman–Crippen MR) is 48.9 cm³/mol. The SMILES string of the molecule is CC1CCN(C(=O)C(F)(F)Br)CC1. The van der Waals surface area contributed by atoms with Crippen molar-refractivity contribution >= 4 is 21.8 Å². The zero-order valence-corrected chi connectivity index (χ0v) is 8.98. The fourth-order valence-electron chi connectivity index (χ4n) is 1.39. The summed E-state index contributed by atoms with van der Waals surface area (Å²) in [6, 6.07) is 0. The molecule has 1 saturated heterocycles. The lowest BCUT2D eigenvalue weighted by Crippen LogP contribution is -2.44. The van der Waals surface area contributed by atoms with Crippen LogP contribution >= 0.6 is 15.9 Å². The van der Waals surface area contributed by atoms with E-state index in [4.69, 9.17) is 0 Å². The molecule has 1 fully saturated rings. The van der Waals surface area contributed by atoms with Crippen LogP contribution in [0.15, 0.2) is 0 Å². The summed E-state index contributed by atoms with van der Waals surface area (Å²) < 4.78 is 25.0. The van der Waals surface area contributed by atoms with Gasteiger partial charge in [-0.15, -0.1) is 0 Å². The van der Waals surface area contributed by atoms with Crippen molar-refractivity contribution in [2.75, 3.05) is 13.1 Å². The van der Waals surface area contributed by atoms with Crippen LogP contribution in [0.2, 0.25) is 0 Å². The van der Waals surface area contributed by atoms with Crippen LogP contribution in [0.3, 0.4) is 0 Å². The van der Waals surface area contributed by atoms with Crippen LogP contribution in [0, 0.1) is 5.92 Å². The molecule has 0 radical (unpaired) electrons. The number of rotatable bonds is 1. The third-order valence-corrected chi connectivity index (χ3v) is 2.65. The molecule has 0 aromatic heterocycles. The van der Waals surface area contributed by atoms with E-state index in [0.29, 0.717) is 19.0 Å². The molecular formula is C8H12BrF2NO. The number of hydrogen-bond acceptors (Lipinski definition) is 1. The molecule has 1 heterocycles. The van der Waals surface area contributed by atoms with Crippen LogP contribution in [0.25, 0.3) is 0 Å². The molecule has 0 aromatic rings. The minimum absolute atomic E-state index is 0.446. The number of carbonyl (C=O) groups excluding carboxylic acids is 1. The Kier molecular flexibility index (Phi) is 3.27. The molecule has 5 heteroatoms. The second-order valence-electron chi connectivity index (χ2n) is 3.47. The molecule has 0 saturated carbocycles. The number of piperidine rings is 1. The molecular weight excluding hydrogens is 244 g/mol. The molecule has 1 amide bonds. The van der Waals surface area contributed by atoms with Gasteiger partial charge in [0.05, 0.1) is 0 Å². The van der Waals surface area contributed by atoms with Crippen molar-refractivity contribution in [2.24, 2.45) is 5.92 Å². The molecule has 13 heavy (non-hydrogen) atoms. The lowest BCUT2D eigenvalue weighted by Gasteiger charge is -2.31. The average Bonchev–Trinajstić information content (AvgIpc) is 2.03. The van der Waals surface area contributed by atoms with E-state index in [2.05, 4.69) is 22.9 Å². The van der Waals surface area contributed by atoms with Crippen molar-refractivity contribution in [3.63, 3.8) is 0 Å². The molecule has 2 nitrogen and oxygen atoms in total. The highest BCUT2D eigenvalue weighted by Crippen LogP contribution is 2.27. The van der Waals surface area contributed by atoms with Gasteiger partial charge in [0.15, 0.2) is 0 Å². The van der Waals surface area contributed by atoms with Crippen LogP contribution in [0.1, 0.15) is 19.8 Å². The summed E-state index contributed by atoms with van der Waals surface area (Å²) in [5.74, 6) is -0.576. The molecule has 76 valence electrons. The molecule has 1 rings (SSSR count). The molecule has 0 unspecified atom stereocenters. The van der Waals surface area contributed by atoms with Crippen molar-refractivity contribution in [1.82, 2.24) is 4.90 Å². The first-order chi connectivity index (χ1) is 5.91. The van der Waals surface area contributed by atoms with Gasteiger partial charge in [-0.05, 0) is 18.8 Å². The summed E-state index contributed by atoms with van der Waals surface area (Å²) >= 11 is 2.07. The van der Waals surface area contributed by atoms with E-state index < -0.39 is 10.7 Å². The Hall–Kier alpha value is -0.190. The van der Waals surface area contributed by atoms with Crippen molar-refractivity contribution in [1.29, 1.82) is 0 Å². The molecule has 0 N–H and O–H groups in total. The minimum atomic E-state index is -3.40. The summed E-state index contributed by atoms with van der Waals surface area (Å²) in [5.41, 5.74) is 0. The first-order valence-electron chi connectivity index (χ1n) is 4.27. The smallest absolute Gasteiger partial charge is 0.337 e. The van der Waals surface area contributed by atoms with Crippen molar-refractivity contribution < 1.29 is 13.6 Å². The first kappa shape index (κ1) is 10.9. The van der Waals surface area contributed by atoms with Crippen LogP contribution in [0.4, 0.5) is 8.78 Å². The topological polar surface area (TPSA) is 20.3 Å². The second kappa shape index (κ2) is 3.90. The van der Waals surface area contributed by atoms with Crippen molar-refractivity contribution in [2.45, 2.75) is 24.6 Å². The van der Waals surface area contributed by atoms with E-state index in [1.165, 1.54) is 4.90 Å². The Balaban J connectivity index is 2.50. The van der Waals surface area contributed by atoms with Gasteiger partial charge >= 0.3 is 10.7 Å². The molecule has 0 spiro atoms. The van der Waals surface area contributed by atoms with Gasteiger partial charge in [0.25, 0.3) is 0 Å². The number of halogens is 3. The molecule has 0 bridgehead atoms. The average molecular weight is 256 g/mol. The van der Waals surface area contributed by atoms with Gasteiger partial charge in [-0.25, -0.2) is 0 Å². The van der Waals surface area contributed by atoms with E-state index in [1.807, 2.05) is 0 Å². The van der Waals surface area contributed by atoms with Crippen LogP contribution in [-0.2, 0) is 4.79 Å². The Morgan fingerprint density at radius 1 is 1.46 bits per heavy atom. The highest BCUT2D eigenvalue weighted by molar-refractivity contribution is 9.10. The van der Waals surface area contributed by atoms with Crippen LogP contribution in [0.5, 0.6) is 0 Å². The summed E-state index contributed by atoms with van der Waals surface area (Å²) in [5, 5.41) is 0. The molecule has 1 aliphatic heterocycles. The molecule has 0 aliphatic carbocycles. The van der Waals surface area contributed by atoms with Gasteiger partial charge in [0, 0.05) is 29.0 Å². The summed E-state index contributed by atoms with van der Waals surface area (Å²) in [6.45, 7) is 2.95. The monoisotopic (exact) mass is 255 g/mol. The summed E-state index contributed by atoms with van der Waals surface area (Å²) in [7, 11) is 0. The minimum Gasteiger partial charge on any atom is -0.337 e. The largest absolute Gasteiger partial charge is 0.377 e. The number of likely N-dealkylation sites (tertiary alicyclic amines) is 1. The van der Waals surface area contributed by atoms with Crippen LogP contribution < -0.4 is 0 Å². The van der Waals surface area contributed by atoms with Gasteiger partial charge in [0.1, 0.15) is 0 Å². The molecule has 1 aliphatic rings. The maximum Gasteiger partial charge on any atom is 0.377 e. The number of nitrogens with zero attached hydrogens (tertiary/aromatic N) is 1. The van der Waals surface area contributed by atoms with Crippen LogP contribution in [-0.4, -0.2) is 28.7 Å². The van der Waals surface area contributed by atoms with Gasteiger partial charge in [-0.1, -0.05) is 6.92 Å². The maximum absolute atomic E-state index is 12.5. The Morgan fingerprint density at radius 2 is 1.92 bits per heavy atom. The van der Waals surface area contributed by atoms with Gasteiger partial charge in [-0.2, -0.15) is 8.78 Å². The Morgan fingerprint density at radius 3 is 2.31 bits per heavy atom. The fraction of sp³-hybridized carbons (Fsp3) is 0.875. The van der Waals surface area contributed by atoms with E-state index >= 15 is 0 Å². The lowest BCUT2D eigenvalue weighted by molar-refractivity contribution is -0.146. The van der Waals surface area contributed by atoms with E-state index in [0.717, 1.165) is 12.8 Å². The fourth-order valence-corrected chi connectivity index (χ4v) is 1.64. The van der Waals surface area contributed by atoms with Gasteiger partial charge in [-0.3, -0.25) is 4.79 Å². The van der Waals surface area contributed by atoms with Gasteiger partial charge < -0.3 is 4.90 Å². The normalized spacial score (nSPS) is 20.5. The second-order valence-corrected chi connectivity index (χ2v) is 4.47. The zero-order chi connectivity index (χ0) is 10.1. The van der Waals surface area contributed by atoms with Gasteiger partial charge in [0.2, 0.25) is 0 Å². The predicted octanol–water partition coefficient (Wildman–Crippen LogP) is 2.23. The summed E-state index contributed by atoms with van der Waals surface area (Å²) in [4.78, 5) is 8.88. The van der Waals surface area contributed by atoms with Crippen molar-refractivity contribution in [3.05, 3.63) is 0 Å². The number of alkyl halides is 3. The molecule has 0 atom stereocenters. The highest BCUT2D eigenvalue weighted by atomic mass is 79.9. The van der Waals surface area contributed by atoms with E-state index in [1.54, 1.807) is 0 Å². The van der Waals surface area contributed by atoms with E-state index in [9.17, 15) is 13.6 Å². The zero-order valence-electron chi connectivity index (χ0n) is 7.40. The van der Waals surface area contributed by atoms with E-state index in [-0.39, 0.29) is 0 Å². The third-order valence-electron chi connectivity index (χ3n) is 2.31. The Labute approximate surface area is 84.4 Å². The molecule has 0 aromatic carbocycles. The summed E-state index contributed by atoms with van der Waals surface area (Å²) in [6.07, 6.45) is 1.63. The standard InChI is InChI=1S/C8H12BrF2NO/c1-6-2-4-12(5-3-6)7(13)8(9,10)11/h6H,2-5H2,1H3. The van der Waals surface area contributed by atoms with Crippen molar-refractivity contribution in [3.8, 4) is 0 Å². The Bertz CT molecular complexity index is 197. The number of hydrogen-bond donors (Lipinski definition) is 0. The first-order valence-corrected chi connectivity index (χ1v) is 5.06. The lowest BCUT2D eigenvalue weighted by atomic mass is 9.99.